The second-order valence-electron chi connectivity index (χ2n) is 4.17. The SMILES string of the molecule is CNC1CCN(Cc2ccnc(C#N)c2)C1. The van der Waals surface area contributed by atoms with E-state index in [4.69, 9.17) is 5.26 Å². The van der Waals surface area contributed by atoms with Crippen molar-refractivity contribution in [2.45, 2.75) is 19.0 Å². The number of aromatic nitrogens is 1. The third-order valence-electron chi connectivity index (χ3n) is 3.03. The maximum atomic E-state index is 8.77. The van der Waals surface area contributed by atoms with Crippen LogP contribution in [0.4, 0.5) is 0 Å². The zero-order valence-electron chi connectivity index (χ0n) is 9.48. The molecule has 1 fully saturated rings. The van der Waals surface area contributed by atoms with E-state index < -0.39 is 0 Å². The Morgan fingerprint density at radius 2 is 2.56 bits per heavy atom. The fourth-order valence-electron chi connectivity index (χ4n) is 2.10. The van der Waals surface area contributed by atoms with Crippen LogP contribution in [0.3, 0.4) is 0 Å². The summed E-state index contributed by atoms with van der Waals surface area (Å²) >= 11 is 0. The van der Waals surface area contributed by atoms with E-state index in [0.29, 0.717) is 11.7 Å². The molecule has 1 aliphatic rings. The van der Waals surface area contributed by atoms with Crippen molar-refractivity contribution >= 4 is 0 Å². The van der Waals surface area contributed by atoms with Crippen molar-refractivity contribution in [1.29, 1.82) is 5.26 Å². The van der Waals surface area contributed by atoms with Gasteiger partial charge in [0, 0.05) is 31.9 Å². The zero-order valence-corrected chi connectivity index (χ0v) is 9.48. The van der Waals surface area contributed by atoms with Crippen LogP contribution >= 0.6 is 0 Å². The number of nitrogens with zero attached hydrogens (tertiary/aromatic N) is 3. The Bertz CT molecular complexity index is 396. The highest BCUT2D eigenvalue weighted by Gasteiger charge is 2.20. The molecule has 1 atom stereocenters. The topological polar surface area (TPSA) is 52.0 Å². The van der Waals surface area contributed by atoms with Crippen molar-refractivity contribution in [2.75, 3.05) is 20.1 Å². The van der Waals surface area contributed by atoms with E-state index in [1.807, 2.05) is 19.2 Å². The largest absolute Gasteiger partial charge is 0.316 e. The Hall–Kier alpha value is -1.44. The minimum absolute atomic E-state index is 0.502. The van der Waals surface area contributed by atoms with E-state index in [9.17, 15) is 0 Å². The highest BCUT2D eigenvalue weighted by Crippen LogP contribution is 2.13. The smallest absolute Gasteiger partial charge is 0.140 e. The summed E-state index contributed by atoms with van der Waals surface area (Å²) in [5, 5.41) is 12.1. The first kappa shape index (κ1) is 11.1. The molecule has 0 radical (unpaired) electrons. The van der Waals surface area contributed by atoms with Crippen molar-refractivity contribution in [3.63, 3.8) is 0 Å². The van der Waals surface area contributed by atoms with Crippen molar-refractivity contribution in [1.82, 2.24) is 15.2 Å². The Kier molecular flexibility index (Phi) is 3.50. The van der Waals surface area contributed by atoms with Crippen LogP contribution in [-0.2, 0) is 6.54 Å². The first-order valence-electron chi connectivity index (χ1n) is 5.56. The van der Waals surface area contributed by atoms with Crippen LogP contribution in [-0.4, -0.2) is 36.1 Å². The molecule has 1 N–H and O–H groups in total. The van der Waals surface area contributed by atoms with Crippen LogP contribution in [0.5, 0.6) is 0 Å². The van der Waals surface area contributed by atoms with Crippen LogP contribution in [0.25, 0.3) is 0 Å². The number of nitriles is 1. The van der Waals surface area contributed by atoms with E-state index in [1.54, 1.807) is 6.20 Å². The summed E-state index contributed by atoms with van der Waals surface area (Å²) in [7, 11) is 2.01. The second-order valence-corrected chi connectivity index (χ2v) is 4.17. The average Bonchev–Trinajstić information content (AvgIpc) is 2.77. The van der Waals surface area contributed by atoms with Crippen molar-refractivity contribution in [3.05, 3.63) is 29.6 Å². The van der Waals surface area contributed by atoms with Crippen molar-refractivity contribution in [3.8, 4) is 6.07 Å². The number of likely N-dealkylation sites (tertiary alicyclic amines) is 1. The maximum absolute atomic E-state index is 8.77. The normalized spacial score (nSPS) is 20.9. The molecule has 4 nitrogen and oxygen atoms in total. The van der Waals surface area contributed by atoms with Gasteiger partial charge in [0.1, 0.15) is 11.8 Å². The molecule has 1 aromatic heterocycles. The van der Waals surface area contributed by atoms with E-state index >= 15 is 0 Å². The first-order valence-corrected chi connectivity index (χ1v) is 5.56. The molecule has 0 bridgehead atoms. The average molecular weight is 216 g/mol. The van der Waals surface area contributed by atoms with Crippen molar-refractivity contribution < 1.29 is 0 Å². The summed E-state index contributed by atoms with van der Waals surface area (Å²) in [6.45, 7) is 3.12. The van der Waals surface area contributed by atoms with Gasteiger partial charge < -0.3 is 5.32 Å². The highest BCUT2D eigenvalue weighted by molar-refractivity contribution is 5.25. The van der Waals surface area contributed by atoms with Gasteiger partial charge in [-0.2, -0.15) is 5.26 Å². The number of hydrogen-bond donors (Lipinski definition) is 1. The third-order valence-corrected chi connectivity index (χ3v) is 3.03. The number of rotatable bonds is 3. The van der Waals surface area contributed by atoms with E-state index in [-0.39, 0.29) is 0 Å². The zero-order chi connectivity index (χ0) is 11.4. The molecule has 1 saturated heterocycles. The van der Waals surface area contributed by atoms with E-state index in [1.165, 1.54) is 12.0 Å². The molecule has 1 unspecified atom stereocenters. The predicted molar refractivity (Wildman–Crippen MR) is 61.7 cm³/mol. The van der Waals surface area contributed by atoms with Gasteiger partial charge in [-0.25, -0.2) is 4.98 Å². The van der Waals surface area contributed by atoms with Crippen LogP contribution in [0.15, 0.2) is 18.3 Å². The molecule has 0 aliphatic carbocycles. The van der Waals surface area contributed by atoms with Crippen LogP contribution in [0, 0.1) is 11.3 Å². The minimum atomic E-state index is 0.502. The molecule has 2 rings (SSSR count). The van der Waals surface area contributed by atoms with Gasteiger partial charge in [0.15, 0.2) is 0 Å². The fourth-order valence-corrected chi connectivity index (χ4v) is 2.10. The lowest BCUT2D eigenvalue weighted by Crippen LogP contribution is -2.29. The molecule has 4 heteroatoms. The van der Waals surface area contributed by atoms with Crippen molar-refractivity contribution in [2.24, 2.45) is 0 Å². The molecular formula is C12H16N4. The Morgan fingerprint density at radius 3 is 3.25 bits per heavy atom. The summed E-state index contributed by atoms with van der Waals surface area (Å²) in [4.78, 5) is 6.37. The number of nitrogens with one attached hydrogen (secondary N) is 1. The van der Waals surface area contributed by atoms with E-state index in [0.717, 1.165) is 19.6 Å². The van der Waals surface area contributed by atoms with Crippen LogP contribution in [0.1, 0.15) is 17.7 Å². The van der Waals surface area contributed by atoms with Gasteiger partial charge in [-0.1, -0.05) is 0 Å². The van der Waals surface area contributed by atoms with Gasteiger partial charge >= 0.3 is 0 Å². The van der Waals surface area contributed by atoms with Gasteiger partial charge in [-0.15, -0.1) is 0 Å². The monoisotopic (exact) mass is 216 g/mol. The third kappa shape index (κ3) is 2.57. The van der Waals surface area contributed by atoms with Gasteiger partial charge in [0.25, 0.3) is 0 Å². The molecule has 1 aromatic rings. The highest BCUT2D eigenvalue weighted by atomic mass is 15.2. The summed E-state index contributed by atoms with van der Waals surface area (Å²) in [6.07, 6.45) is 2.91. The number of hydrogen-bond acceptors (Lipinski definition) is 4. The van der Waals surface area contributed by atoms with Gasteiger partial charge in [-0.05, 0) is 31.2 Å². The molecule has 2 heterocycles. The van der Waals surface area contributed by atoms with Gasteiger partial charge in [0.05, 0.1) is 0 Å². The van der Waals surface area contributed by atoms with E-state index in [2.05, 4.69) is 21.3 Å². The lowest BCUT2D eigenvalue weighted by Gasteiger charge is -2.15. The Labute approximate surface area is 95.9 Å². The quantitative estimate of drug-likeness (QED) is 0.810. The maximum Gasteiger partial charge on any atom is 0.140 e. The Balaban J connectivity index is 1.97. The summed E-state index contributed by atoms with van der Waals surface area (Å²) in [5.74, 6) is 0. The standard InChI is InChI=1S/C12H16N4/c1-14-11-3-5-16(9-11)8-10-2-4-15-12(6-10)7-13/h2,4,6,11,14H,3,5,8-9H2,1H3. The number of pyridine rings is 1. The van der Waals surface area contributed by atoms with Gasteiger partial charge in [-0.3, -0.25) is 4.90 Å². The molecule has 1 aliphatic heterocycles. The molecule has 0 amide bonds. The van der Waals surface area contributed by atoms with Crippen LogP contribution in [0.2, 0.25) is 0 Å². The lowest BCUT2D eigenvalue weighted by molar-refractivity contribution is 0.322. The molecule has 0 saturated carbocycles. The summed E-state index contributed by atoms with van der Waals surface area (Å²) in [5.41, 5.74) is 1.67. The molecular weight excluding hydrogens is 200 g/mol. The minimum Gasteiger partial charge on any atom is -0.316 e. The fraction of sp³-hybridized carbons (Fsp3) is 0.500. The first-order chi connectivity index (χ1) is 7.81. The second kappa shape index (κ2) is 5.06. The lowest BCUT2D eigenvalue weighted by atomic mass is 10.2. The Morgan fingerprint density at radius 1 is 1.69 bits per heavy atom. The number of likely N-dealkylation sites (N-methyl/N-ethyl adjacent to an activating group) is 1. The van der Waals surface area contributed by atoms with Gasteiger partial charge in [0.2, 0.25) is 0 Å². The molecule has 16 heavy (non-hydrogen) atoms. The summed E-state index contributed by atoms with van der Waals surface area (Å²) in [6, 6.07) is 6.53. The summed E-state index contributed by atoms with van der Waals surface area (Å²) < 4.78 is 0. The molecule has 84 valence electrons. The predicted octanol–water partition coefficient (Wildman–Crippen LogP) is 0.747. The van der Waals surface area contributed by atoms with Crippen LogP contribution < -0.4 is 5.32 Å². The molecule has 0 spiro atoms. The molecule has 0 aromatic carbocycles.